The fraction of sp³-hybridized carbons (Fsp3) is 0.533. The van der Waals surface area contributed by atoms with Crippen molar-refractivity contribution < 1.29 is 9.18 Å². The number of carbonyl (C=O) groups excluding carboxylic acids is 1. The second kappa shape index (κ2) is 6.68. The number of piperidine rings is 1. The Balaban J connectivity index is 2.21. The van der Waals surface area contributed by atoms with Gasteiger partial charge in [-0.3, -0.25) is 4.79 Å². The van der Waals surface area contributed by atoms with Crippen molar-refractivity contribution in [3.05, 3.63) is 33.1 Å². The topological polar surface area (TPSA) is 20.3 Å². The molecule has 1 aliphatic rings. The van der Waals surface area contributed by atoms with E-state index in [1.807, 2.05) is 27.5 Å². The molecule has 0 spiro atoms. The number of halogens is 2. The summed E-state index contributed by atoms with van der Waals surface area (Å²) in [5.74, 6) is -0.229. The van der Waals surface area contributed by atoms with E-state index in [-0.39, 0.29) is 11.7 Å². The molecule has 1 saturated heterocycles. The van der Waals surface area contributed by atoms with Crippen LogP contribution in [0.5, 0.6) is 0 Å². The van der Waals surface area contributed by atoms with Gasteiger partial charge >= 0.3 is 0 Å². The van der Waals surface area contributed by atoms with Crippen molar-refractivity contribution in [2.45, 2.75) is 45.1 Å². The summed E-state index contributed by atoms with van der Waals surface area (Å²) >= 11 is 2.04. The van der Waals surface area contributed by atoms with Crippen molar-refractivity contribution in [3.8, 4) is 0 Å². The van der Waals surface area contributed by atoms with Gasteiger partial charge in [-0.2, -0.15) is 0 Å². The molecule has 1 unspecified atom stereocenters. The van der Waals surface area contributed by atoms with Crippen LogP contribution >= 0.6 is 22.6 Å². The number of rotatable bonds is 3. The number of hydrogen-bond donors (Lipinski definition) is 0. The summed E-state index contributed by atoms with van der Waals surface area (Å²) in [5.41, 5.74) is 0.630. The van der Waals surface area contributed by atoms with Gasteiger partial charge in [0.25, 0.3) is 5.91 Å². The number of nitrogens with zero attached hydrogens (tertiary/aromatic N) is 1. The third-order valence-corrected chi connectivity index (χ3v) is 4.56. The molecule has 0 aromatic heterocycles. The predicted molar refractivity (Wildman–Crippen MR) is 82.7 cm³/mol. The molecule has 1 aromatic carbocycles. The summed E-state index contributed by atoms with van der Waals surface area (Å²) in [6.07, 6.45) is 5.52. The van der Waals surface area contributed by atoms with Gasteiger partial charge in [-0.15, -0.1) is 0 Å². The molecule has 1 amide bonds. The molecule has 0 saturated carbocycles. The van der Waals surface area contributed by atoms with Gasteiger partial charge in [-0.25, -0.2) is 4.39 Å². The third kappa shape index (κ3) is 3.46. The van der Waals surface area contributed by atoms with Gasteiger partial charge in [0.1, 0.15) is 5.82 Å². The highest BCUT2D eigenvalue weighted by molar-refractivity contribution is 14.1. The van der Waals surface area contributed by atoms with Crippen molar-refractivity contribution in [3.63, 3.8) is 0 Å². The molecule has 19 heavy (non-hydrogen) atoms. The third-order valence-electron chi connectivity index (χ3n) is 3.67. The molecule has 104 valence electrons. The molecule has 2 rings (SSSR count). The average molecular weight is 375 g/mol. The lowest BCUT2D eigenvalue weighted by atomic mass is 9.97. The highest BCUT2D eigenvalue weighted by Gasteiger charge is 2.27. The minimum absolute atomic E-state index is 0.0579. The molecule has 0 N–H and O–H groups in total. The van der Waals surface area contributed by atoms with E-state index < -0.39 is 0 Å². The first-order valence-electron chi connectivity index (χ1n) is 6.89. The second-order valence-electron chi connectivity index (χ2n) is 5.06. The molecule has 0 radical (unpaired) electrons. The molecule has 0 aliphatic carbocycles. The Morgan fingerprint density at radius 1 is 1.47 bits per heavy atom. The normalized spacial score (nSPS) is 19.5. The Bertz CT molecular complexity index is 461. The van der Waals surface area contributed by atoms with Crippen LogP contribution in [0.3, 0.4) is 0 Å². The first kappa shape index (κ1) is 14.8. The Hall–Kier alpha value is -0.650. The Labute approximate surface area is 127 Å². The van der Waals surface area contributed by atoms with Gasteiger partial charge in [-0.05, 0) is 66.5 Å². The minimum Gasteiger partial charge on any atom is -0.336 e. The number of likely N-dealkylation sites (tertiary alicyclic amines) is 1. The summed E-state index contributed by atoms with van der Waals surface area (Å²) < 4.78 is 13.8. The Morgan fingerprint density at radius 3 is 2.95 bits per heavy atom. The van der Waals surface area contributed by atoms with E-state index in [1.54, 1.807) is 6.07 Å². The lowest BCUT2D eigenvalue weighted by Gasteiger charge is -2.36. The van der Waals surface area contributed by atoms with Gasteiger partial charge in [-0.1, -0.05) is 13.3 Å². The molecule has 1 aliphatic heterocycles. The van der Waals surface area contributed by atoms with E-state index >= 15 is 0 Å². The maximum absolute atomic E-state index is 13.1. The van der Waals surface area contributed by atoms with Gasteiger partial charge < -0.3 is 4.90 Å². The zero-order chi connectivity index (χ0) is 13.8. The first-order valence-corrected chi connectivity index (χ1v) is 7.97. The van der Waals surface area contributed by atoms with Crippen LogP contribution in [0.25, 0.3) is 0 Å². The fourth-order valence-electron chi connectivity index (χ4n) is 2.72. The number of amides is 1. The second-order valence-corrected chi connectivity index (χ2v) is 6.22. The largest absolute Gasteiger partial charge is 0.336 e. The van der Waals surface area contributed by atoms with E-state index in [0.717, 1.165) is 32.2 Å². The van der Waals surface area contributed by atoms with E-state index in [4.69, 9.17) is 0 Å². The molecular formula is C15H19FINO. The fourth-order valence-corrected chi connectivity index (χ4v) is 3.43. The van der Waals surface area contributed by atoms with Crippen LogP contribution in [-0.2, 0) is 0 Å². The molecule has 4 heteroatoms. The smallest absolute Gasteiger partial charge is 0.255 e. The van der Waals surface area contributed by atoms with E-state index in [0.29, 0.717) is 15.2 Å². The lowest BCUT2D eigenvalue weighted by molar-refractivity contribution is 0.0599. The van der Waals surface area contributed by atoms with E-state index in [1.165, 1.54) is 18.6 Å². The molecule has 1 aromatic rings. The van der Waals surface area contributed by atoms with E-state index in [2.05, 4.69) is 6.92 Å². The van der Waals surface area contributed by atoms with Crippen molar-refractivity contribution >= 4 is 28.5 Å². The average Bonchev–Trinajstić information content (AvgIpc) is 2.39. The molecule has 0 bridgehead atoms. The van der Waals surface area contributed by atoms with Gasteiger partial charge in [0.05, 0.1) is 5.56 Å². The molecule has 2 nitrogen and oxygen atoms in total. The number of carbonyl (C=O) groups is 1. The SMILES string of the molecule is CCCC1CCCCN1C(=O)c1ccc(F)cc1I. The Kier molecular flexibility index (Phi) is 5.19. The molecule has 1 atom stereocenters. The van der Waals surface area contributed by atoms with Crippen LogP contribution in [0.4, 0.5) is 4.39 Å². The zero-order valence-electron chi connectivity index (χ0n) is 11.2. The van der Waals surface area contributed by atoms with Crippen LogP contribution in [0.2, 0.25) is 0 Å². The molecule has 1 heterocycles. The zero-order valence-corrected chi connectivity index (χ0v) is 13.3. The van der Waals surface area contributed by atoms with Crippen LogP contribution in [0, 0.1) is 9.39 Å². The van der Waals surface area contributed by atoms with Crippen LogP contribution in [0.1, 0.15) is 49.4 Å². The monoisotopic (exact) mass is 375 g/mol. The first-order chi connectivity index (χ1) is 9.13. The number of benzene rings is 1. The van der Waals surface area contributed by atoms with Gasteiger partial charge in [0.15, 0.2) is 0 Å². The Morgan fingerprint density at radius 2 is 2.26 bits per heavy atom. The van der Waals surface area contributed by atoms with Crippen molar-refractivity contribution in [2.75, 3.05) is 6.54 Å². The predicted octanol–water partition coefficient (Wildman–Crippen LogP) is 4.23. The standard InChI is InChI=1S/C15H19FINO/c1-2-5-12-6-3-4-9-18(12)15(19)13-8-7-11(16)10-14(13)17/h7-8,10,12H,2-6,9H2,1H3. The lowest BCUT2D eigenvalue weighted by Crippen LogP contribution is -2.43. The maximum atomic E-state index is 13.1. The van der Waals surface area contributed by atoms with Crippen molar-refractivity contribution in [1.82, 2.24) is 4.90 Å². The van der Waals surface area contributed by atoms with Crippen LogP contribution < -0.4 is 0 Å². The van der Waals surface area contributed by atoms with Gasteiger partial charge in [0, 0.05) is 16.2 Å². The van der Waals surface area contributed by atoms with Crippen LogP contribution in [0.15, 0.2) is 18.2 Å². The minimum atomic E-state index is -0.287. The molecular weight excluding hydrogens is 356 g/mol. The summed E-state index contributed by atoms with van der Waals surface area (Å²) in [5, 5.41) is 0. The highest BCUT2D eigenvalue weighted by Crippen LogP contribution is 2.24. The highest BCUT2D eigenvalue weighted by atomic mass is 127. The maximum Gasteiger partial charge on any atom is 0.255 e. The van der Waals surface area contributed by atoms with Crippen LogP contribution in [-0.4, -0.2) is 23.4 Å². The summed E-state index contributed by atoms with van der Waals surface area (Å²) in [4.78, 5) is 14.6. The molecule has 1 fully saturated rings. The summed E-state index contributed by atoms with van der Waals surface area (Å²) in [6, 6.07) is 4.75. The number of hydrogen-bond acceptors (Lipinski definition) is 1. The van der Waals surface area contributed by atoms with E-state index in [9.17, 15) is 9.18 Å². The van der Waals surface area contributed by atoms with Gasteiger partial charge in [0.2, 0.25) is 0 Å². The van der Waals surface area contributed by atoms with Crippen molar-refractivity contribution in [2.24, 2.45) is 0 Å². The summed E-state index contributed by atoms with van der Waals surface area (Å²) in [6.45, 7) is 2.98. The summed E-state index contributed by atoms with van der Waals surface area (Å²) in [7, 11) is 0. The van der Waals surface area contributed by atoms with Crippen molar-refractivity contribution in [1.29, 1.82) is 0 Å². The quantitative estimate of drug-likeness (QED) is 0.725.